The minimum Gasteiger partial charge on any atom is -1.00 e. The first-order valence-corrected chi connectivity index (χ1v) is 1.45. The molecule has 0 atom stereocenters. The number of carbonyl (C=O) groups excluding carboxylic acids is 5. The van der Waals surface area contributed by atoms with Crippen molar-refractivity contribution in [2.45, 2.75) is 22.3 Å². The summed E-state index contributed by atoms with van der Waals surface area (Å²) in [5.41, 5.74) is 0. The van der Waals surface area contributed by atoms with Crippen LogP contribution in [0.25, 0.3) is 0 Å². The second-order valence-corrected chi connectivity index (χ2v) is 0.359. The summed E-state index contributed by atoms with van der Waals surface area (Å²) < 4.78 is 0. The first-order chi connectivity index (χ1) is 4.74. The van der Waals surface area contributed by atoms with Gasteiger partial charge in [0.05, 0.1) is 0 Å². The molecular formula is C6H16Cs2O7. The predicted molar refractivity (Wildman–Crippen MR) is 40.6 cm³/mol. The van der Waals surface area contributed by atoms with Gasteiger partial charge in [-0.15, -0.1) is 0 Å². The number of hydrogen-bond donors (Lipinski definition) is 0. The summed E-state index contributed by atoms with van der Waals surface area (Å²) in [6.45, 7) is -0.181. The monoisotopic (exact) mass is 466 g/mol. The van der Waals surface area contributed by atoms with Crippen molar-refractivity contribution in [2.24, 2.45) is 0 Å². The minimum atomic E-state index is -0.181. The molecule has 0 amide bonds. The zero-order valence-corrected chi connectivity index (χ0v) is 19.0. The summed E-state index contributed by atoms with van der Waals surface area (Å²) in [6.07, 6.45) is 0.500. The predicted octanol–water partition coefficient (Wildman–Crippen LogP) is -6.46. The molecule has 0 saturated carbocycles. The standard InChI is InChI=1S/CH2O3.2CO2.3CH4.2Cs.H2.H/c2-1-4-3;2*2-1-3;;;;;;;/h1,3H;;;3*1H4;;;1H;/q;;;;;;2*+1;;-1/p-1. The van der Waals surface area contributed by atoms with Crippen molar-refractivity contribution in [3.05, 3.63) is 0 Å². The second kappa shape index (κ2) is 96.2. The van der Waals surface area contributed by atoms with E-state index in [1.54, 1.807) is 0 Å². The van der Waals surface area contributed by atoms with Crippen LogP contribution in [-0.4, -0.2) is 18.8 Å². The molecule has 0 aromatic carbocycles. The summed E-state index contributed by atoms with van der Waals surface area (Å²) in [5.74, 6) is 0. The van der Waals surface area contributed by atoms with E-state index >= 15 is 0 Å². The van der Waals surface area contributed by atoms with Gasteiger partial charge in [0, 0.05) is 1.43 Å². The van der Waals surface area contributed by atoms with Crippen LogP contribution in [0.5, 0.6) is 0 Å². The smallest absolute Gasteiger partial charge is 1.00 e. The fourth-order valence-electron chi connectivity index (χ4n) is 0. The van der Waals surface area contributed by atoms with Gasteiger partial charge in [-0.05, 0) is 0 Å². The third-order valence-corrected chi connectivity index (χ3v) is 0.0393. The molecule has 0 bridgehead atoms. The van der Waals surface area contributed by atoms with Crippen LogP contribution in [0.3, 0.4) is 0 Å². The summed E-state index contributed by atoms with van der Waals surface area (Å²) in [6, 6.07) is 0. The van der Waals surface area contributed by atoms with E-state index in [2.05, 4.69) is 4.89 Å². The van der Waals surface area contributed by atoms with Crippen LogP contribution in [0, 0.1) is 0 Å². The van der Waals surface area contributed by atoms with Crippen LogP contribution in [0.2, 0.25) is 0 Å². The Morgan fingerprint density at radius 3 is 1.07 bits per heavy atom. The Bertz CT molecular complexity index is 124. The van der Waals surface area contributed by atoms with E-state index in [-0.39, 0.29) is 182 Å². The van der Waals surface area contributed by atoms with Gasteiger partial charge in [-0.2, -0.15) is 19.2 Å². The van der Waals surface area contributed by atoms with E-state index in [4.69, 9.17) is 29.2 Å². The molecule has 0 radical (unpaired) electrons. The van der Waals surface area contributed by atoms with E-state index in [1.165, 1.54) is 0 Å². The van der Waals surface area contributed by atoms with Gasteiger partial charge in [0.2, 0.25) is 0 Å². The molecular weight excluding hydrogens is 450 g/mol. The molecule has 15 heavy (non-hydrogen) atoms. The molecule has 7 nitrogen and oxygen atoms in total. The van der Waals surface area contributed by atoms with Gasteiger partial charge in [0.15, 0.2) is 0 Å². The SMILES string of the molecule is C.C.C.O=C=O.O=C=O.O=CO[O-].[Cs+].[Cs+].[H-].[HH]. The fourth-order valence-corrected chi connectivity index (χ4v) is 0. The number of carbonyl (C=O) groups is 1. The summed E-state index contributed by atoms with van der Waals surface area (Å²) >= 11 is 0. The Morgan fingerprint density at radius 2 is 1.07 bits per heavy atom. The van der Waals surface area contributed by atoms with Crippen molar-refractivity contribution >= 4 is 18.8 Å². The second-order valence-electron chi connectivity index (χ2n) is 0.359. The topological polar surface area (TPSA) is 118 Å². The fraction of sp³-hybridized carbons (Fsp3) is 0.500. The van der Waals surface area contributed by atoms with E-state index in [0.29, 0.717) is 0 Å². The molecule has 0 aliphatic heterocycles. The van der Waals surface area contributed by atoms with E-state index in [9.17, 15) is 0 Å². The zero-order chi connectivity index (χ0) is 8.83. The zero-order valence-electron chi connectivity index (χ0n) is 7.44. The van der Waals surface area contributed by atoms with Crippen molar-refractivity contribution in [3.63, 3.8) is 0 Å². The maximum absolute atomic E-state index is 8.64. The first kappa shape index (κ1) is 53.2. The van der Waals surface area contributed by atoms with Crippen LogP contribution < -0.4 is 143 Å². The van der Waals surface area contributed by atoms with Gasteiger partial charge in [-0.1, -0.05) is 22.3 Å². The molecule has 0 unspecified atom stereocenters. The van der Waals surface area contributed by atoms with E-state index in [0.717, 1.165) is 0 Å². The third kappa shape index (κ3) is 307. The van der Waals surface area contributed by atoms with Crippen LogP contribution in [-0.2, 0) is 28.9 Å². The van der Waals surface area contributed by atoms with Crippen molar-refractivity contribution < 1.29 is 175 Å². The number of hydrogen-bond acceptors (Lipinski definition) is 7. The molecule has 84 valence electrons. The maximum Gasteiger partial charge on any atom is 1.00 e. The van der Waals surface area contributed by atoms with Crippen LogP contribution >= 0.6 is 0 Å². The van der Waals surface area contributed by atoms with Gasteiger partial charge in [0.25, 0.3) is 6.47 Å². The molecule has 0 aliphatic rings. The van der Waals surface area contributed by atoms with Gasteiger partial charge in [-0.3, -0.25) is 4.79 Å². The van der Waals surface area contributed by atoms with Crippen molar-refractivity contribution in [2.75, 3.05) is 0 Å². The van der Waals surface area contributed by atoms with Crippen LogP contribution in [0.15, 0.2) is 0 Å². The molecule has 0 spiro atoms. The van der Waals surface area contributed by atoms with Crippen molar-refractivity contribution in [1.82, 2.24) is 0 Å². The Balaban J connectivity index is -0.00000000452. The molecule has 0 aliphatic carbocycles. The van der Waals surface area contributed by atoms with Gasteiger partial charge < -0.3 is 11.6 Å². The molecule has 9 heteroatoms. The molecule has 0 heterocycles. The summed E-state index contributed by atoms with van der Waals surface area (Å²) in [5, 5.41) is 8.43. The van der Waals surface area contributed by atoms with Crippen LogP contribution in [0.1, 0.15) is 25.1 Å². The van der Waals surface area contributed by atoms with Crippen LogP contribution in [0.4, 0.5) is 0 Å². The molecule has 0 rings (SSSR count). The minimum absolute atomic E-state index is 0. The van der Waals surface area contributed by atoms with Gasteiger partial charge >= 0.3 is 150 Å². The van der Waals surface area contributed by atoms with E-state index in [1.807, 2.05) is 0 Å². The summed E-state index contributed by atoms with van der Waals surface area (Å²) in [7, 11) is 0. The average Bonchev–Trinajstić information content (AvgIpc) is 1.91. The average molecular weight is 466 g/mol. The van der Waals surface area contributed by atoms with Gasteiger partial charge in [0.1, 0.15) is 0 Å². The third-order valence-electron chi connectivity index (χ3n) is 0.0393. The Hall–Kier alpha value is 2.29. The molecule has 0 saturated heterocycles. The molecule has 0 aromatic rings. The Labute approximate surface area is 210 Å². The quantitative estimate of drug-likeness (QED) is 0.215. The normalized spacial score (nSPS) is 2.47. The number of rotatable bonds is 1. The Kier molecular flexibility index (Phi) is 341. The Morgan fingerprint density at radius 1 is 1.00 bits per heavy atom. The van der Waals surface area contributed by atoms with Crippen molar-refractivity contribution in [3.8, 4) is 0 Å². The molecule has 0 fully saturated rings. The molecule has 0 N–H and O–H groups in total. The summed E-state index contributed by atoms with van der Waals surface area (Å²) in [4.78, 5) is 43.8. The van der Waals surface area contributed by atoms with Crippen molar-refractivity contribution in [1.29, 1.82) is 0 Å². The van der Waals surface area contributed by atoms with Gasteiger partial charge in [-0.25, -0.2) is 0 Å². The molecule has 0 aromatic heterocycles. The first-order valence-electron chi connectivity index (χ1n) is 1.45. The van der Waals surface area contributed by atoms with E-state index < -0.39 is 0 Å². The largest absolute Gasteiger partial charge is 1.00 e. The maximum atomic E-state index is 8.64.